The Bertz CT molecular complexity index is 122. The zero-order chi connectivity index (χ0) is 6.85. The molecule has 0 aliphatic carbocycles. The molecule has 1 heterocycles. The Hall–Kier alpha value is -0.110. The molecule has 0 bridgehead atoms. The van der Waals surface area contributed by atoms with Gasteiger partial charge in [0.2, 0.25) is 0 Å². The van der Waals surface area contributed by atoms with Crippen LogP contribution in [0.2, 0.25) is 0 Å². The van der Waals surface area contributed by atoms with E-state index in [2.05, 4.69) is 18.9 Å². The molecule has 0 N–H and O–H groups in total. The van der Waals surface area contributed by atoms with Gasteiger partial charge in [0.1, 0.15) is 0 Å². The van der Waals surface area contributed by atoms with E-state index in [0.29, 0.717) is 0 Å². The zero-order valence-electron chi connectivity index (χ0n) is 6.05. The highest BCUT2D eigenvalue weighted by molar-refractivity contribution is 7.80. The molecule has 1 rings (SSSR count). The van der Waals surface area contributed by atoms with Gasteiger partial charge >= 0.3 is 0 Å². The predicted molar refractivity (Wildman–Crippen MR) is 43.6 cm³/mol. The van der Waals surface area contributed by atoms with E-state index in [0.717, 1.165) is 23.9 Å². The second-order valence-corrected chi connectivity index (χ2v) is 3.39. The van der Waals surface area contributed by atoms with Gasteiger partial charge in [-0.3, -0.25) is 0 Å². The summed E-state index contributed by atoms with van der Waals surface area (Å²) in [7, 11) is 2.08. The molecule has 0 aromatic carbocycles. The lowest BCUT2D eigenvalue weighted by atomic mass is 10.0. The van der Waals surface area contributed by atoms with Crippen LogP contribution in [0.25, 0.3) is 0 Å². The van der Waals surface area contributed by atoms with E-state index in [4.69, 9.17) is 12.2 Å². The summed E-state index contributed by atoms with van der Waals surface area (Å²) in [6.07, 6.45) is 2.40. The van der Waals surface area contributed by atoms with Crippen LogP contribution in [-0.4, -0.2) is 23.5 Å². The smallest absolute Gasteiger partial charge is 0.0776 e. The van der Waals surface area contributed by atoms with Crippen LogP contribution in [0, 0.1) is 5.92 Å². The Kier molecular flexibility index (Phi) is 2.06. The summed E-state index contributed by atoms with van der Waals surface area (Å²) < 4.78 is 0. The molecule has 9 heavy (non-hydrogen) atoms. The minimum absolute atomic E-state index is 0.835. The van der Waals surface area contributed by atoms with E-state index in [1.807, 2.05) is 0 Å². The van der Waals surface area contributed by atoms with Gasteiger partial charge in [-0.1, -0.05) is 19.1 Å². The maximum atomic E-state index is 5.11. The fourth-order valence-electron chi connectivity index (χ4n) is 1.22. The topological polar surface area (TPSA) is 3.24 Å². The van der Waals surface area contributed by atoms with Crippen molar-refractivity contribution in [2.45, 2.75) is 19.8 Å². The molecule has 0 aromatic heterocycles. The number of hydrogen-bond donors (Lipinski definition) is 0. The summed E-state index contributed by atoms with van der Waals surface area (Å²) in [6, 6.07) is 0. The van der Waals surface area contributed by atoms with Crippen LogP contribution >= 0.6 is 12.2 Å². The summed E-state index contributed by atoms with van der Waals surface area (Å²) >= 11 is 5.11. The van der Waals surface area contributed by atoms with Crippen molar-refractivity contribution in [1.82, 2.24) is 4.90 Å². The standard InChI is InChI=1S/C7H13NS/c1-6-3-4-7(9)8(2)5-6/h6H,3-5H2,1-2H3. The number of nitrogens with zero attached hydrogens (tertiary/aromatic N) is 1. The van der Waals surface area contributed by atoms with Gasteiger partial charge in [0, 0.05) is 13.6 Å². The van der Waals surface area contributed by atoms with Gasteiger partial charge in [0.25, 0.3) is 0 Å². The number of likely N-dealkylation sites (tertiary alicyclic amines) is 1. The molecule has 1 aliphatic heterocycles. The monoisotopic (exact) mass is 143 g/mol. The molecule has 1 nitrogen and oxygen atoms in total. The number of hydrogen-bond acceptors (Lipinski definition) is 1. The molecule has 1 unspecified atom stereocenters. The highest BCUT2D eigenvalue weighted by Gasteiger charge is 2.15. The van der Waals surface area contributed by atoms with E-state index in [9.17, 15) is 0 Å². The van der Waals surface area contributed by atoms with Gasteiger partial charge < -0.3 is 4.90 Å². The minimum Gasteiger partial charge on any atom is -0.369 e. The number of rotatable bonds is 0. The molecular formula is C7H13NS. The fourth-order valence-corrected chi connectivity index (χ4v) is 1.41. The Balaban J connectivity index is 2.44. The zero-order valence-corrected chi connectivity index (χ0v) is 6.87. The van der Waals surface area contributed by atoms with E-state index >= 15 is 0 Å². The number of thiocarbonyl (C=S) groups is 1. The average molecular weight is 143 g/mol. The lowest BCUT2D eigenvalue weighted by Crippen LogP contribution is -2.34. The van der Waals surface area contributed by atoms with Gasteiger partial charge in [0.15, 0.2) is 0 Å². The van der Waals surface area contributed by atoms with Gasteiger partial charge in [0.05, 0.1) is 4.99 Å². The molecule has 0 aromatic rings. The molecule has 1 fully saturated rings. The summed E-state index contributed by atoms with van der Waals surface area (Å²) in [6.45, 7) is 3.43. The molecule has 0 amide bonds. The quantitative estimate of drug-likeness (QED) is 0.475. The maximum Gasteiger partial charge on any atom is 0.0776 e. The molecular weight excluding hydrogens is 130 g/mol. The van der Waals surface area contributed by atoms with E-state index in [1.54, 1.807) is 0 Å². The fraction of sp³-hybridized carbons (Fsp3) is 0.857. The van der Waals surface area contributed by atoms with E-state index in [1.165, 1.54) is 6.42 Å². The SMILES string of the molecule is CC1CCC(=S)N(C)C1. The Morgan fingerprint density at radius 1 is 1.67 bits per heavy atom. The van der Waals surface area contributed by atoms with Crippen molar-refractivity contribution in [2.24, 2.45) is 5.92 Å². The third kappa shape index (κ3) is 1.65. The van der Waals surface area contributed by atoms with Crippen LogP contribution in [0.5, 0.6) is 0 Å². The largest absolute Gasteiger partial charge is 0.369 e. The van der Waals surface area contributed by atoms with Crippen LogP contribution in [0.15, 0.2) is 0 Å². The molecule has 0 spiro atoms. The molecule has 1 saturated heterocycles. The Labute approximate surface area is 62.0 Å². The van der Waals surface area contributed by atoms with Crippen LogP contribution in [-0.2, 0) is 0 Å². The number of piperidine rings is 1. The molecule has 52 valence electrons. The molecule has 0 radical (unpaired) electrons. The molecule has 1 aliphatic rings. The molecule has 0 saturated carbocycles. The third-order valence-electron chi connectivity index (χ3n) is 1.86. The molecule has 2 heteroatoms. The highest BCUT2D eigenvalue weighted by Crippen LogP contribution is 2.15. The van der Waals surface area contributed by atoms with Gasteiger partial charge in [-0.25, -0.2) is 0 Å². The minimum atomic E-state index is 0.835. The van der Waals surface area contributed by atoms with Crippen LogP contribution in [0.3, 0.4) is 0 Å². The maximum absolute atomic E-state index is 5.11. The first-order valence-electron chi connectivity index (χ1n) is 3.44. The van der Waals surface area contributed by atoms with Crippen LogP contribution < -0.4 is 0 Å². The predicted octanol–water partition coefficient (Wildman–Crippen LogP) is 1.68. The summed E-state index contributed by atoms with van der Waals surface area (Å²) in [4.78, 5) is 3.32. The second-order valence-electron chi connectivity index (χ2n) is 2.92. The lowest BCUT2D eigenvalue weighted by Gasteiger charge is -2.29. The molecule has 1 atom stereocenters. The van der Waals surface area contributed by atoms with Crippen molar-refractivity contribution >= 4 is 17.2 Å². The van der Waals surface area contributed by atoms with Crippen molar-refractivity contribution in [2.75, 3.05) is 13.6 Å². The second kappa shape index (κ2) is 2.65. The van der Waals surface area contributed by atoms with E-state index < -0.39 is 0 Å². The Morgan fingerprint density at radius 3 is 2.78 bits per heavy atom. The normalized spacial score (nSPS) is 28.9. The van der Waals surface area contributed by atoms with Gasteiger partial charge in [-0.2, -0.15) is 0 Å². The summed E-state index contributed by atoms with van der Waals surface area (Å²) in [5.74, 6) is 0.835. The van der Waals surface area contributed by atoms with E-state index in [-0.39, 0.29) is 0 Å². The van der Waals surface area contributed by atoms with Crippen LogP contribution in [0.1, 0.15) is 19.8 Å². The van der Waals surface area contributed by atoms with Crippen molar-refractivity contribution in [3.63, 3.8) is 0 Å². The van der Waals surface area contributed by atoms with Crippen molar-refractivity contribution in [3.8, 4) is 0 Å². The van der Waals surface area contributed by atoms with Crippen molar-refractivity contribution in [1.29, 1.82) is 0 Å². The lowest BCUT2D eigenvalue weighted by molar-refractivity contribution is 0.354. The first-order valence-corrected chi connectivity index (χ1v) is 3.85. The van der Waals surface area contributed by atoms with Crippen LogP contribution in [0.4, 0.5) is 0 Å². The van der Waals surface area contributed by atoms with Gasteiger partial charge in [-0.05, 0) is 18.8 Å². The third-order valence-corrected chi connectivity index (χ3v) is 2.38. The summed E-state index contributed by atoms with van der Waals surface area (Å²) in [5, 5.41) is 0. The first kappa shape index (κ1) is 7.00. The highest BCUT2D eigenvalue weighted by atomic mass is 32.1. The average Bonchev–Trinajstić information content (AvgIpc) is 1.80. The summed E-state index contributed by atoms with van der Waals surface area (Å²) in [5.41, 5.74) is 0. The van der Waals surface area contributed by atoms with Gasteiger partial charge in [-0.15, -0.1) is 0 Å². The Morgan fingerprint density at radius 2 is 2.33 bits per heavy atom. The van der Waals surface area contributed by atoms with Crippen molar-refractivity contribution in [3.05, 3.63) is 0 Å². The van der Waals surface area contributed by atoms with Crippen molar-refractivity contribution < 1.29 is 0 Å². The first-order chi connectivity index (χ1) is 4.20.